The Labute approximate surface area is 97.4 Å². The Hall–Kier alpha value is -0.830. The lowest BCUT2D eigenvalue weighted by Gasteiger charge is -2.39. The number of rotatable bonds is 2. The molecule has 2 aliphatic rings. The van der Waals surface area contributed by atoms with Gasteiger partial charge in [-0.1, -0.05) is 6.08 Å². The zero-order valence-electron chi connectivity index (χ0n) is 10.1. The van der Waals surface area contributed by atoms with Crippen LogP contribution in [0.1, 0.15) is 20.3 Å². The highest BCUT2D eigenvalue weighted by molar-refractivity contribution is 5.31. The molecule has 0 spiro atoms. The molecule has 2 nitrogen and oxygen atoms in total. The molecule has 0 atom stereocenters. The first kappa shape index (κ1) is 11.6. The van der Waals surface area contributed by atoms with E-state index in [2.05, 4.69) is 23.6 Å². The molecular formula is C13H20FN2. The Kier molecular flexibility index (Phi) is 3.64. The predicted molar refractivity (Wildman–Crippen MR) is 64.5 cm³/mol. The normalized spacial score (nSPS) is 23.4. The van der Waals surface area contributed by atoms with Crippen molar-refractivity contribution in [3.05, 3.63) is 30.1 Å². The van der Waals surface area contributed by atoms with Crippen LogP contribution in [0.25, 0.3) is 0 Å². The zero-order chi connectivity index (χ0) is 11.5. The van der Waals surface area contributed by atoms with Crippen molar-refractivity contribution in [1.82, 2.24) is 9.80 Å². The van der Waals surface area contributed by atoms with E-state index in [-0.39, 0.29) is 5.83 Å². The summed E-state index contributed by atoms with van der Waals surface area (Å²) < 4.78 is 13.6. The second-order valence-corrected chi connectivity index (χ2v) is 4.69. The Morgan fingerprint density at radius 3 is 2.44 bits per heavy atom. The highest BCUT2D eigenvalue weighted by Gasteiger charge is 2.22. The van der Waals surface area contributed by atoms with E-state index >= 15 is 0 Å². The van der Waals surface area contributed by atoms with Crippen LogP contribution in [-0.4, -0.2) is 42.0 Å². The van der Waals surface area contributed by atoms with Crippen molar-refractivity contribution in [3.63, 3.8) is 0 Å². The molecule has 0 aromatic rings. The van der Waals surface area contributed by atoms with Crippen LogP contribution in [0.4, 0.5) is 4.39 Å². The molecule has 0 aromatic carbocycles. The first-order valence-corrected chi connectivity index (χ1v) is 6.07. The van der Waals surface area contributed by atoms with E-state index in [1.54, 1.807) is 6.08 Å². The Morgan fingerprint density at radius 1 is 1.19 bits per heavy atom. The first-order chi connectivity index (χ1) is 7.68. The third-order valence-corrected chi connectivity index (χ3v) is 3.34. The SMILES string of the molecule is CC(C)N1CCN(C2=CC[CH]C=C2F)CC1. The maximum Gasteiger partial charge on any atom is 0.142 e. The number of halogens is 1. The summed E-state index contributed by atoms with van der Waals surface area (Å²) in [6, 6.07) is 0.594. The Balaban J connectivity index is 1.94. The third kappa shape index (κ3) is 2.46. The highest BCUT2D eigenvalue weighted by atomic mass is 19.1. The molecule has 1 aliphatic carbocycles. The second-order valence-electron chi connectivity index (χ2n) is 4.69. The summed E-state index contributed by atoms with van der Waals surface area (Å²) in [6.07, 6.45) is 6.29. The van der Waals surface area contributed by atoms with Gasteiger partial charge in [0.2, 0.25) is 0 Å². The van der Waals surface area contributed by atoms with Gasteiger partial charge in [0.1, 0.15) is 5.83 Å². The summed E-state index contributed by atoms with van der Waals surface area (Å²) in [6.45, 7) is 8.37. The second kappa shape index (κ2) is 5.00. The van der Waals surface area contributed by atoms with E-state index in [0.717, 1.165) is 38.3 Å². The van der Waals surface area contributed by atoms with E-state index < -0.39 is 0 Å². The summed E-state index contributed by atoms with van der Waals surface area (Å²) in [4.78, 5) is 4.60. The monoisotopic (exact) mass is 223 g/mol. The van der Waals surface area contributed by atoms with Gasteiger partial charge in [0.25, 0.3) is 0 Å². The molecular weight excluding hydrogens is 203 g/mol. The number of nitrogens with zero attached hydrogens (tertiary/aromatic N) is 2. The molecule has 0 saturated carbocycles. The number of allylic oxidation sites excluding steroid dienone is 3. The quantitative estimate of drug-likeness (QED) is 0.709. The van der Waals surface area contributed by atoms with Gasteiger partial charge in [0.05, 0.1) is 5.70 Å². The summed E-state index contributed by atoms with van der Waals surface area (Å²) in [5.41, 5.74) is 0.797. The molecule has 0 unspecified atom stereocenters. The molecule has 0 bridgehead atoms. The Morgan fingerprint density at radius 2 is 1.88 bits per heavy atom. The maximum absolute atomic E-state index is 13.6. The van der Waals surface area contributed by atoms with Crippen LogP contribution >= 0.6 is 0 Å². The summed E-state index contributed by atoms with van der Waals surface area (Å²) >= 11 is 0. The van der Waals surface area contributed by atoms with E-state index in [1.807, 2.05) is 12.5 Å². The van der Waals surface area contributed by atoms with Crippen molar-refractivity contribution in [2.24, 2.45) is 0 Å². The molecule has 16 heavy (non-hydrogen) atoms. The first-order valence-electron chi connectivity index (χ1n) is 6.07. The van der Waals surface area contributed by atoms with Crippen LogP contribution in [0, 0.1) is 6.42 Å². The van der Waals surface area contributed by atoms with Crippen molar-refractivity contribution < 1.29 is 4.39 Å². The molecule has 0 N–H and O–H groups in total. The average Bonchev–Trinajstić information content (AvgIpc) is 2.30. The molecule has 3 heteroatoms. The van der Waals surface area contributed by atoms with Crippen molar-refractivity contribution in [2.45, 2.75) is 26.3 Å². The molecule has 0 aromatic heterocycles. The van der Waals surface area contributed by atoms with Gasteiger partial charge < -0.3 is 4.90 Å². The molecule has 1 fully saturated rings. The van der Waals surface area contributed by atoms with Crippen molar-refractivity contribution in [1.29, 1.82) is 0 Å². The summed E-state index contributed by atoms with van der Waals surface area (Å²) in [5.74, 6) is -0.0794. The molecule has 1 aliphatic heterocycles. The minimum absolute atomic E-state index is 0.0794. The average molecular weight is 223 g/mol. The van der Waals surface area contributed by atoms with Crippen LogP contribution in [0.15, 0.2) is 23.7 Å². The minimum Gasteiger partial charge on any atom is -0.367 e. The van der Waals surface area contributed by atoms with Gasteiger partial charge in [-0.05, 0) is 32.8 Å². The van der Waals surface area contributed by atoms with Gasteiger partial charge in [-0.25, -0.2) is 4.39 Å². The van der Waals surface area contributed by atoms with Crippen molar-refractivity contribution in [3.8, 4) is 0 Å². The van der Waals surface area contributed by atoms with Gasteiger partial charge in [-0.2, -0.15) is 0 Å². The van der Waals surface area contributed by atoms with Gasteiger partial charge >= 0.3 is 0 Å². The largest absolute Gasteiger partial charge is 0.367 e. The summed E-state index contributed by atoms with van der Waals surface area (Å²) in [5, 5.41) is 0. The molecule has 1 saturated heterocycles. The van der Waals surface area contributed by atoms with E-state index in [0.29, 0.717) is 6.04 Å². The molecule has 2 rings (SSSR count). The van der Waals surface area contributed by atoms with Crippen LogP contribution < -0.4 is 0 Å². The number of piperazine rings is 1. The van der Waals surface area contributed by atoms with Gasteiger partial charge in [-0.3, -0.25) is 4.90 Å². The van der Waals surface area contributed by atoms with Gasteiger partial charge in [0.15, 0.2) is 0 Å². The van der Waals surface area contributed by atoms with Crippen LogP contribution in [0.5, 0.6) is 0 Å². The fourth-order valence-corrected chi connectivity index (χ4v) is 2.29. The third-order valence-electron chi connectivity index (χ3n) is 3.34. The fraction of sp³-hybridized carbons (Fsp3) is 0.615. The molecule has 1 radical (unpaired) electrons. The lowest BCUT2D eigenvalue weighted by atomic mass is 10.1. The highest BCUT2D eigenvalue weighted by Crippen LogP contribution is 2.24. The van der Waals surface area contributed by atoms with Crippen molar-refractivity contribution >= 4 is 0 Å². The molecule has 0 amide bonds. The van der Waals surface area contributed by atoms with E-state index in [9.17, 15) is 4.39 Å². The van der Waals surface area contributed by atoms with Gasteiger partial charge in [-0.15, -0.1) is 0 Å². The lowest BCUT2D eigenvalue weighted by Crippen LogP contribution is -2.48. The van der Waals surface area contributed by atoms with E-state index in [1.165, 1.54) is 0 Å². The van der Waals surface area contributed by atoms with E-state index in [4.69, 9.17) is 0 Å². The number of hydrogen-bond acceptors (Lipinski definition) is 2. The van der Waals surface area contributed by atoms with Crippen molar-refractivity contribution in [2.75, 3.05) is 26.2 Å². The standard InChI is InChI=1S/C13H20FN2/c1-11(2)15-7-9-16(10-8-15)13-6-4-3-5-12(13)14/h3,5-6,11H,4,7-10H2,1-2H3. The fourth-order valence-electron chi connectivity index (χ4n) is 2.29. The minimum atomic E-state index is -0.0794. The van der Waals surface area contributed by atoms with Crippen LogP contribution in [0.2, 0.25) is 0 Å². The zero-order valence-corrected chi connectivity index (χ0v) is 10.1. The topological polar surface area (TPSA) is 6.48 Å². The van der Waals surface area contributed by atoms with Crippen LogP contribution in [0.3, 0.4) is 0 Å². The lowest BCUT2D eigenvalue weighted by molar-refractivity contribution is 0.129. The predicted octanol–water partition coefficient (Wildman–Crippen LogP) is 2.36. The van der Waals surface area contributed by atoms with Gasteiger partial charge in [0, 0.05) is 32.2 Å². The molecule has 1 heterocycles. The Bertz CT molecular complexity index is 299. The van der Waals surface area contributed by atoms with Crippen LogP contribution in [-0.2, 0) is 0 Å². The number of hydrogen-bond donors (Lipinski definition) is 0. The smallest absolute Gasteiger partial charge is 0.142 e. The maximum atomic E-state index is 13.6. The molecule has 89 valence electrons. The summed E-state index contributed by atoms with van der Waals surface area (Å²) in [7, 11) is 0.